The lowest BCUT2D eigenvalue weighted by Crippen LogP contribution is -2.28. The summed E-state index contributed by atoms with van der Waals surface area (Å²) in [7, 11) is 4.17. The van der Waals surface area contributed by atoms with Crippen molar-refractivity contribution in [3.63, 3.8) is 0 Å². The van der Waals surface area contributed by atoms with Crippen LogP contribution in [0.4, 0.5) is 15.5 Å². The molecule has 1 aromatic heterocycles. The monoisotopic (exact) mass is 483 g/mol. The zero-order valence-electron chi connectivity index (χ0n) is 18.5. The fourth-order valence-electron chi connectivity index (χ4n) is 3.93. The molecule has 1 aliphatic rings. The fraction of sp³-hybridized carbons (Fsp3) is 0.280. The molecule has 1 aliphatic carbocycles. The van der Waals surface area contributed by atoms with Crippen LogP contribution in [0.25, 0.3) is 0 Å². The Hall–Kier alpha value is -2.87. The Labute approximate surface area is 202 Å². The number of benzene rings is 2. The molecule has 0 spiro atoms. The first kappa shape index (κ1) is 23.3. The molecule has 8 heteroatoms. The molecule has 1 atom stereocenters. The average molecular weight is 484 g/mol. The van der Waals surface area contributed by atoms with Gasteiger partial charge in [-0.2, -0.15) is 0 Å². The summed E-state index contributed by atoms with van der Waals surface area (Å²) in [5, 5.41) is 6.04. The summed E-state index contributed by atoms with van der Waals surface area (Å²) in [6, 6.07) is 20.2. The van der Waals surface area contributed by atoms with E-state index in [1.54, 1.807) is 36.4 Å². The van der Waals surface area contributed by atoms with E-state index in [1.807, 2.05) is 18.2 Å². The molecule has 1 fully saturated rings. The molecule has 0 radical (unpaired) electrons. The minimum atomic E-state index is -1.11. The third-order valence-electron chi connectivity index (χ3n) is 5.60. The fourth-order valence-corrected chi connectivity index (χ4v) is 4.86. The first-order valence-corrected chi connectivity index (χ1v) is 11.9. The number of carbonyl (C=O) groups excluding carboxylic acids is 2. The summed E-state index contributed by atoms with van der Waals surface area (Å²) in [4.78, 5) is 27.8. The number of nitrogens with zero attached hydrogens (tertiary/aromatic N) is 1. The minimum absolute atomic E-state index is 0.213. The Morgan fingerprint density at radius 2 is 1.73 bits per heavy atom. The Kier molecular flexibility index (Phi) is 7.02. The van der Waals surface area contributed by atoms with E-state index >= 15 is 0 Å². The Balaban J connectivity index is 1.45. The summed E-state index contributed by atoms with van der Waals surface area (Å²) < 4.78 is 6.06. The second kappa shape index (κ2) is 9.95. The molecule has 6 nitrogen and oxygen atoms in total. The number of ether oxygens (including phenoxy) is 1. The quantitative estimate of drug-likeness (QED) is 0.417. The molecule has 1 unspecified atom stereocenters. The van der Waals surface area contributed by atoms with Crippen LogP contribution < -0.4 is 10.6 Å². The van der Waals surface area contributed by atoms with Gasteiger partial charge in [0.25, 0.3) is 5.91 Å². The van der Waals surface area contributed by atoms with Crippen LogP contribution in [-0.2, 0) is 14.9 Å². The molecule has 3 aromatic rings. The molecule has 4 rings (SSSR count). The van der Waals surface area contributed by atoms with Crippen molar-refractivity contribution in [3.05, 3.63) is 82.2 Å². The van der Waals surface area contributed by atoms with E-state index in [0.29, 0.717) is 20.6 Å². The van der Waals surface area contributed by atoms with E-state index < -0.39 is 18.1 Å². The van der Waals surface area contributed by atoms with Crippen LogP contribution in [0.15, 0.2) is 66.7 Å². The van der Waals surface area contributed by atoms with Gasteiger partial charge in [0, 0.05) is 23.2 Å². The highest BCUT2D eigenvalue weighted by Gasteiger charge is 2.44. The predicted molar refractivity (Wildman–Crippen MR) is 133 cm³/mol. The Morgan fingerprint density at radius 3 is 2.30 bits per heavy atom. The van der Waals surface area contributed by atoms with Gasteiger partial charge in [-0.25, -0.2) is 4.79 Å². The molecule has 2 amide bonds. The lowest BCUT2D eigenvalue weighted by atomic mass is 9.95. The highest BCUT2D eigenvalue weighted by Crippen LogP contribution is 2.48. The maximum Gasteiger partial charge on any atom is 0.413 e. The first-order chi connectivity index (χ1) is 15.8. The van der Waals surface area contributed by atoms with Crippen LogP contribution in [0.5, 0.6) is 0 Å². The second-order valence-corrected chi connectivity index (χ2v) is 10.2. The standard InChI is InChI=1S/C25H26ClN3O3S/c1-29(2)16-25(14-15-25)18-8-10-19(11-9-18)27-23(30)22(17-6-4-3-5-7-17)32-24(31)28-21-13-12-20(26)33-21/h3-13,22H,14-16H2,1-2H3,(H,27,30)(H,28,31). The van der Waals surface area contributed by atoms with Crippen molar-refractivity contribution in [3.8, 4) is 0 Å². The Morgan fingerprint density at radius 1 is 1.03 bits per heavy atom. The molecule has 33 heavy (non-hydrogen) atoms. The number of hydrogen-bond donors (Lipinski definition) is 2. The number of amides is 2. The van der Waals surface area contributed by atoms with Gasteiger partial charge < -0.3 is 15.0 Å². The minimum Gasteiger partial charge on any atom is -0.431 e. The summed E-state index contributed by atoms with van der Waals surface area (Å²) in [6.07, 6.45) is 0.508. The van der Waals surface area contributed by atoms with Crippen molar-refractivity contribution < 1.29 is 14.3 Å². The predicted octanol–water partition coefficient (Wildman–Crippen LogP) is 5.92. The molecule has 1 saturated carbocycles. The number of halogens is 1. The van der Waals surface area contributed by atoms with Gasteiger partial charge in [0.1, 0.15) is 0 Å². The van der Waals surface area contributed by atoms with Gasteiger partial charge in [-0.3, -0.25) is 10.1 Å². The van der Waals surface area contributed by atoms with Crippen molar-refractivity contribution in [2.75, 3.05) is 31.3 Å². The summed E-state index contributed by atoms with van der Waals surface area (Å²) in [5.41, 5.74) is 2.72. The molecule has 0 aliphatic heterocycles. The number of nitrogens with one attached hydrogen (secondary N) is 2. The Bertz CT molecular complexity index is 1110. The average Bonchev–Trinajstić information content (AvgIpc) is 3.45. The van der Waals surface area contributed by atoms with Crippen LogP contribution in [0.3, 0.4) is 0 Å². The van der Waals surface area contributed by atoms with Crippen LogP contribution in [0, 0.1) is 0 Å². The molecular weight excluding hydrogens is 458 g/mol. The van der Waals surface area contributed by atoms with Gasteiger partial charge in [0.15, 0.2) is 0 Å². The van der Waals surface area contributed by atoms with Gasteiger partial charge in [-0.05, 0) is 56.8 Å². The van der Waals surface area contributed by atoms with Crippen LogP contribution in [0.1, 0.15) is 30.1 Å². The molecule has 0 saturated heterocycles. The molecule has 172 valence electrons. The highest BCUT2D eigenvalue weighted by molar-refractivity contribution is 7.20. The normalized spacial score (nSPS) is 15.0. The van der Waals surface area contributed by atoms with Crippen molar-refractivity contribution in [1.82, 2.24) is 4.90 Å². The third kappa shape index (κ3) is 5.93. The van der Waals surface area contributed by atoms with Gasteiger partial charge in [-0.15, -0.1) is 11.3 Å². The molecule has 0 bridgehead atoms. The van der Waals surface area contributed by atoms with Crippen molar-refractivity contribution in [1.29, 1.82) is 0 Å². The molecule has 2 aromatic carbocycles. The lowest BCUT2D eigenvalue weighted by molar-refractivity contribution is -0.124. The molecule has 2 N–H and O–H groups in total. The third-order valence-corrected chi connectivity index (χ3v) is 6.75. The van der Waals surface area contributed by atoms with Gasteiger partial charge >= 0.3 is 6.09 Å². The van der Waals surface area contributed by atoms with E-state index in [1.165, 1.54) is 29.7 Å². The van der Waals surface area contributed by atoms with Gasteiger partial charge in [-0.1, -0.05) is 54.1 Å². The van der Waals surface area contributed by atoms with Crippen molar-refractivity contribution in [2.45, 2.75) is 24.4 Å². The number of anilines is 2. The van der Waals surface area contributed by atoms with E-state index in [4.69, 9.17) is 16.3 Å². The number of rotatable bonds is 8. The zero-order valence-corrected chi connectivity index (χ0v) is 20.1. The van der Waals surface area contributed by atoms with Crippen LogP contribution >= 0.6 is 22.9 Å². The maximum atomic E-state index is 13.1. The van der Waals surface area contributed by atoms with Crippen molar-refractivity contribution in [2.24, 2.45) is 0 Å². The lowest BCUT2D eigenvalue weighted by Gasteiger charge is -2.21. The molecule has 1 heterocycles. The highest BCUT2D eigenvalue weighted by atomic mass is 35.5. The smallest absolute Gasteiger partial charge is 0.413 e. The first-order valence-electron chi connectivity index (χ1n) is 10.7. The van der Waals surface area contributed by atoms with E-state index in [0.717, 1.165) is 6.54 Å². The number of hydrogen-bond acceptors (Lipinski definition) is 5. The number of likely N-dealkylation sites (N-methyl/N-ethyl adjacent to an activating group) is 1. The SMILES string of the molecule is CN(C)CC1(c2ccc(NC(=O)C(OC(=O)Nc3ccc(Cl)s3)c3ccccc3)cc2)CC1. The topological polar surface area (TPSA) is 70.7 Å². The van der Waals surface area contributed by atoms with Gasteiger partial charge in [0.05, 0.1) is 9.34 Å². The maximum absolute atomic E-state index is 13.1. The van der Waals surface area contributed by atoms with Gasteiger partial charge in [0.2, 0.25) is 6.10 Å². The molecular formula is C25H26ClN3O3S. The van der Waals surface area contributed by atoms with E-state index in [-0.39, 0.29) is 5.41 Å². The van der Waals surface area contributed by atoms with Crippen molar-refractivity contribution >= 4 is 45.6 Å². The van der Waals surface area contributed by atoms with E-state index in [9.17, 15) is 9.59 Å². The summed E-state index contributed by atoms with van der Waals surface area (Å²) >= 11 is 7.13. The van der Waals surface area contributed by atoms with Crippen LogP contribution in [-0.4, -0.2) is 37.5 Å². The van der Waals surface area contributed by atoms with E-state index in [2.05, 4.69) is 41.8 Å². The largest absolute Gasteiger partial charge is 0.431 e. The zero-order chi connectivity index (χ0) is 23.4. The summed E-state index contributed by atoms with van der Waals surface area (Å²) in [6.45, 7) is 1.01. The number of carbonyl (C=O) groups is 2. The van der Waals surface area contributed by atoms with Crippen LogP contribution in [0.2, 0.25) is 4.34 Å². The number of thiophene rings is 1. The second-order valence-electron chi connectivity index (χ2n) is 8.51. The summed E-state index contributed by atoms with van der Waals surface area (Å²) in [5.74, 6) is -0.428.